The van der Waals surface area contributed by atoms with Crippen molar-refractivity contribution in [3.63, 3.8) is 0 Å². The molecule has 0 amide bonds. The van der Waals surface area contributed by atoms with Crippen LogP contribution in [0.3, 0.4) is 0 Å². The van der Waals surface area contributed by atoms with E-state index in [1.807, 2.05) is 0 Å². The zero-order valence-corrected chi connectivity index (χ0v) is 8.96. The average molecular weight is 246 g/mol. The average Bonchev–Trinajstić information content (AvgIpc) is 2.78. The maximum absolute atomic E-state index is 13.7. The molecule has 0 aliphatic heterocycles. The predicted molar refractivity (Wildman–Crippen MR) is 60.2 cm³/mol. The van der Waals surface area contributed by atoms with Crippen LogP contribution in [-0.2, 0) is 0 Å². The van der Waals surface area contributed by atoms with E-state index in [0.717, 1.165) is 0 Å². The fourth-order valence-electron chi connectivity index (χ4n) is 1.25. The van der Waals surface area contributed by atoms with Crippen molar-refractivity contribution in [2.24, 2.45) is 10.7 Å². The quantitative estimate of drug-likeness (QED) is 0.593. The van der Waals surface area contributed by atoms with Crippen LogP contribution < -0.4 is 11.5 Å². The molecule has 1 aromatic heterocycles. The molecule has 7 nitrogen and oxygen atoms in total. The number of amidine groups is 1. The maximum atomic E-state index is 13.7. The molecule has 0 radical (unpaired) electrons. The Balaban J connectivity index is 2.46. The number of hydrogen-bond acceptors (Lipinski definition) is 6. The number of rotatable bonds is 2. The van der Waals surface area contributed by atoms with Gasteiger partial charge in [-0.05, 0) is 22.4 Å². The fraction of sp³-hybridized carbons (Fsp3) is 0. The van der Waals surface area contributed by atoms with E-state index >= 15 is 0 Å². The van der Waals surface area contributed by atoms with Crippen LogP contribution in [0.1, 0.15) is 11.3 Å². The molecule has 0 aliphatic carbocycles. The first-order valence-corrected chi connectivity index (χ1v) is 4.74. The molecule has 0 bridgehead atoms. The predicted octanol–water partition coefficient (Wildman–Crippen LogP) is 0.700. The van der Waals surface area contributed by atoms with Crippen LogP contribution in [-0.4, -0.2) is 16.1 Å². The summed E-state index contributed by atoms with van der Waals surface area (Å²) in [5.74, 6) is -0.964. The van der Waals surface area contributed by atoms with Gasteiger partial charge in [0.05, 0.1) is 5.56 Å². The van der Waals surface area contributed by atoms with Gasteiger partial charge < -0.3 is 11.5 Å². The minimum absolute atomic E-state index is 0.0248. The van der Waals surface area contributed by atoms with Gasteiger partial charge in [0.2, 0.25) is 0 Å². The molecule has 1 heterocycles. The van der Waals surface area contributed by atoms with Gasteiger partial charge in [0, 0.05) is 0 Å². The lowest BCUT2D eigenvalue weighted by molar-refractivity contribution is 0.308. The van der Waals surface area contributed by atoms with Gasteiger partial charge in [0.25, 0.3) is 0 Å². The normalized spacial score (nSPS) is 11.2. The van der Waals surface area contributed by atoms with Crippen molar-refractivity contribution in [3.05, 3.63) is 35.3 Å². The molecular formula is C10H7FN6O. The Hall–Kier alpha value is -2.95. The SMILES string of the molecule is N#Cc1cccc(N=C(N)c2nonc2N)c1F. The third-order valence-corrected chi connectivity index (χ3v) is 2.10. The Labute approximate surface area is 100 Å². The number of anilines is 1. The van der Waals surface area contributed by atoms with Crippen LogP contribution in [0.25, 0.3) is 0 Å². The minimum atomic E-state index is -0.766. The first-order valence-electron chi connectivity index (χ1n) is 4.74. The van der Waals surface area contributed by atoms with E-state index in [-0.39, 0.29) is 28.6 Å². The summed E-state index contributed by atoms with van der Waals surface area (Å²) in [6.45, 7) is 0. The fourth-order valence-corrected chi connectivity index (χ4v) is 1.25. The number of halogens is 1. The van der Waals surface area contributed by atoms with E-state index in [9.17, 15) is 4.39 Å². The molecule has 0 aliphatic rings. The molecule has 0 unspecified atom stereocenters. The summed E-state index contributed by atoms with van der Waals surface area (Å²) < 4.78 is 18.0. The Bertz CT molecular complexity index is 657. The highest BCUT2D eigenvalue weighted by Gasteiger charge is 2.13. The molecule has 2 rings (SSSR count). The van der Waals surface area contributed by atoms with E-state index in [2.05, 4.69) is 19.9 Å². The summed E-state index contributed by atoms with van der Waals surface area (Å²) in [5.41, 5.74) is 10.8. The van der Waals surface area contributed by atoms with Gasteiger partial charge in [-0.3, -0.25) is 0 Å². The molecule has 18 heavy (non-hydrogen) atoms. The summed E-state index contributed by atoms with van der Waals surface area (Å²) in [5, 5.41) is 15.4. The number of nitriles is 1. The topological polar surface area (TPSA) is 127 Å². The van der Waals surface area contributed by atoms with E-state index in [0.29, 0.717) is 0 Å². The van der Waals surface area contributed by atoms with Crippen molar-refractivity contribution < 1.29 is 9.02 Å². The molecule has 0 saturated carbocycles. The highest BCUT2D eigenvalue weighted by molar-refractivity contribution is 6.00. The second-order valence-electron chi connectivity index (χ2n) is 3.25. The zero-order valence-electron chi connectivity index (χ0n) is 8.96. The summed E-state index contributed by atoms with van der Waals surface area (Å²) >= 11 is 0. The molecule has 1 aromatic carbocycles. The van der Waals surface area contributed by atoms with Gasteiger partial charge in [-0.25, -0.2) is 14.0 Å². The van der Waals surface area contributed by atoms with Gasteiger partial charge in [-0.1, -0.05) is 6.07 Å². The van der Waals surface area contributed by atoms with Crippen LogP contribution >= 0.6 is 0 Å². The lowest BCUT2D eigenvalue weighted by Crippen LogP contribution is -2.15. The molecule has 2 aromatic rings. The smallest absolute Gasteiger partial charge is 0.199 e. The summed E-state index contributed by atoms with van der Waals surface area (Å²) in [6.07, 6.45) is 0. The van der Waals surface area contributed by atoms with Crippen LogP contribution in [0.2, 0.25) is 0 Å². The largest absolute Gasteiger partial charge is 0.382 e. The van der Waals surface area contributed by atoms with Crippen molar-refractivity contribution in [1.29, 1.82) is 5.26 Å². The number of benzene rings is 1. The molecular weight excluding hydrogens is 239 g/mol. The van der Waals surface area contributed by atoms with E-state index in [1.54, 1.807) is 6.07 Å². The van der Waals surface area contributed by atoms with Crippen molar-refractivity contribution in [1.82, 2.24) is 10.3 Å². The van der Waals surface area contributed by atoms with Crippen molar-refractivity contribution >= 4 is 17.3 Å². The van der Waals surface area contributed by atoms with E-state index < -0.39 is 5.82 Å². The van der Waals surface area contributed by atoms with Crippen molar-refractivity contribution in [2.75, 3.05) is 5.73 Å². The second kappa shape index (κ2) is 4.50. The highest BCUT2D eigenvalue weighted by atomic mass is 19.1. The number of aliphatic imine (C=N–C) groups is 1. The molecule has 0 atom stereocenters. The Morgan fingerprint density at radius 2 is 2.22 bits per heavy atom. The van der Waals surface area contributed by atoms with Gasteiger partial charge in [-0.15, -0.1) is 0 Å². The molecule has 0 fully saturated rings. The Kier molecular flexibility index (Phi) is 2.89. The number of nitrogens with zero attached hydrogens (tertiary/aromatic N) is 4. The van der Waals surface area contributed by atoms with Crippen LogP contribution in [0.5, 0.6) is 0 Å². The van der Waals surface area contributed by atoms with E-state index in [4.69, 9.17) is 16.7 Å². The first-order chi connectivity index (χ1) is 8.63. The molecule has 0 saturated heterocycles. The van der Waals surface area contributed by atoms with Crippen molar-refractivity contribution in [2.45, 2.75) is 0 Å². The molecule has 0 spiro atoms. The molecule has 8 heteroatoms. The van der Waals surface area contributed by atoms with Crippen LogP contribution in [0, 0.1) is 17.1 Å². The summed E-state index contributed by atoms with van der Waals surface area (Å²) in [6, 6.07) is 5.88. The van der Waals surface area contributed by atoms with Crippen LogP contribution in [0.4, 0.5) is 15.9 Å². The van der Waals surface area contributed by atoms with Gasteiger partial charge >= 0.3 is 0 Å². The highest BCUT2D eigenvalue weighted by Crippen LogP contribution is 2.21. The molecule has 90 valence electrons. The first kappa shape index (κ1) is 11.5. The number of aromatic nitrogens is 2. The van der Waals surface area contributed by atoms with E-state index in [1.165, 1.54) is 18.2 Å². The third-order valence-electron chi connectivity index (χ3n) is 2.10. The summed E-state index contributed by atoms with van der Waals surface area (Å²) in [4.78, 5) is 3.80. The standard InChI is InChI=1S/C10H7FN6O/c11-7-5(4-12)2-1-3-6(7)15-9(13)8-10(14)17-18-16-8/h1-3H,(H2,13,15)(H2,14,17). The van der Waals surface area contributed by atoms with Crippen LogP contribution in [0.15, 0.2) is 27.8 Å². The third kappa shape index (κ3) is 1.97. The van der Waals surface area contributed by atoms with Crippen molar-refractivity contribution in [3.8, 4) is 6.07 Å². The second-order valence-corrected chi connectivity index (χ2v) is 3.25. The van der Waals surface area contributed by atoms with Gasteiger partial charge in [-0.2, -0.15) is 5.26 Å². The number of hydrogen-bond donors (Lipinski definition) is 2. The monoisotopic (exact) mass is 246 g/mol. The summed E-state index contributed by atoms with van der Waals surface area (Å²) in [7, 11) is 0. The van der Waals surface area contributed by atoms with Gasteiger partial charge in [0.15, 0.2) is 23.2 Å². The zero-order chi connectivity index (χ0) is 13.1. The van der Waals surface area contributed by atoms with Gasteiger partial charge in [0.1, 0.15) is 11.8 Å². The minimum Gasteiger partial charge on any atom is -0.382 e. The number of nitrogens with two attached hydrogens (primary N) is 2. The Morgan fingerprint density at radius 3 is 2.83 bits per heavy atom. The molecule has 4 N–H and O–H groups in total. The lowest BCUT2D eigenvalue weighted by Gasteiger charge is -2.00. The Morgan fingerprint density at radius 1 is 1.44 bits per heavy atom. The number of nitrogen functional groups attached to an aromatic ring is 1. The lowest BCUT2D eigenvalue weighted by atomic mass is 10.2. The maximum Gasteiger partial charge on any atom is 0.199 e.